The van der Waals surface area contributed by atoms with Crippen molar-refractivity contribution in [3.63, 3.8) is 0 Å². The predicted molar refractivity (Wildman–Crippen MR) is 82.0 cm³/mol. The van der Waals surface area contributed by atoms with Gasteiger partial charge in [0.1, 0.15) is 12.8 Å². The van der Waals surface area contributed by atoms with E-state index in [2.05, 4.69) is 27.2 Å². The molecule has 5 N–H and O–H groups in total. The number of nitrogens with one attached hydrogen (secondary N) is 1. The fraction of sp³-hybridized carbons (Fsp3) is 0.500. The normalized spacial score (nSPS) is 22.5. The molecule has 2 aromatic rings. The van der Waals surface area contributed by atoms with Gasteiger partial charge in [0.15, 0.2) is 11.2 Å². The SMILES string of the molecule is Nc1nc2c(ncn2C2CCC(CO[P+](O)(O)S)O2)c(=O)[nH]1. The first kappa shape index (κ1) is 15.7. The number of ether oxygens (including phenoxy) is 1. The molecule has 0 spiro atoms. The maximum Gasteiger partial charge on any atom is 0.472 e. The molecule has 0 amide bonds. The molecule has 0 aromatic carbocycles. The molecule has 0 radical (unpaired) electrons. The summed E-state index contributed by atoms with van der Waals surface area (Å²) in [5, 5.41) is 0. The number of nitrogens with zero attached hydrogens (tertiary/aromatic N) is 3. The lowest BCUT2D eigenvalue weighted by atomic mass is 10.2. The number of H-pyrrole nitrogens is 1. The van der Waals surface area contributed by atoms with Crippen molar-refractivity contribution in [1.29, 1.82) is 0 Å². The Bertz CT molecular complexity index is 743. The van der Waals surface area contributed by atoms with Gasteiger partial charge >= 0.3 is 7.15 Å². The molecule has 0 aliphatic carbocycles. The van der Waals surface area contributed by atoms with Crippen LogP contribution in [0.1, 0.15) is 19.1 Å². The first-order valence-electron chi connectivity index (χ1n) is 6.43. The molecule has 0 bridgehead atoms. The summed E-state index contributed by atoms with van der Waals surface area (Å²) < 4.78 is 12.2. The highest BCUT2D eigenvalue weighted by Crippen LogP contribution is 2.56. The average molecular weight is 348 g/mol. The van der Waals surface area contributed by atoms with E-state index in [0.29, 0.717) is 18.5 Å². The second-order valence-corrected chi connectivity index (χ2v) is 7.72. The molecule has 10 nitrogen and oxygen atoms in total. The third-order valence-corrected chi connectivity index (χ3v) is 4.12. The average Bonchev–Trinajstić information content (AvgIpc) is 3.01. The molecule has 1 aliphatic rings. The highest BCUT2D eigenvalue weighted by molar-refractivity contribution is 8.47. The van der Waals surface area contributed by atoms with Gasteiger partial charge in [-0.25, -0.2) is 4.98 Å². The van der Waals surface area contributed by atoms with Gasteiger partial charge in [0.2, 0.25) is 5.95 Å². The summed E-state index contributed by atoms with van der Waals surface area (Å²) in [4.78, 5) is 40.4. The fourth-order valence-electron chi connectivity index (χ4n) is 2.35. The van der Waals surface area contributed by atoms with Gasteiger partial charge in [-0.3, -0.25) is 14.3 Å². The van der Waals surface area contributed by atoms with Crippen LogP contribution < -0.4 is 11.3 Å². The van der Waals surface area contributed by atoms with Gasteiger partial charge < -0.3 is 10.5 Å². The number of rotatable bonds is 4. The molecule has 1 aliphatic heterocycles. The van der Waals surface area contributed by atoms with Crippen molar-refractivity contribution in [2.24, 2.45) is 0 Å². The third-order valence-electron chi connectivity index (χ3n) is 3.28. The van der Waals surface area contributed by atoms with Crippen LogP contribution in [-0.4, -0.2) is 42.0 Å². The number of imidazole rings is 1. The summed E-state index contributed by atoms with van der Waals surface area (Å²) in [5.41, 5.74) is 5.66. The summed E-state index contributed by atoms with van der Waals surface area (Å²) in [7, 11) is -3.58. The summed E-state index contributed by atoms with van der Waals surface area (Å²) >= 11 is 3.55. The van der Waals surface area contributed by atoms with Gasteiger partial charge in [-0.15, -0.1) is 0 Å². The van der Waals surface area contributed by atoms with E-state index in [1.807, 2.05) is 0 Å². The summed E-state index contributed by atoms with van der Waals surface area (Å²) in [6.45, 7) is 0.0174. The van der Waals surface area contributed by atoms with E-state index in [4.69, 9.17) is 24.8 Å². The predicted octanol–water partition coefficient (Wildman–Crippen LogP) is -0.0120. The van der Waals surface area contributed by atoms with Crippen molar-refractivity contribution in [2.75, 3.05) is 12.3 Å². The monoisotopic (exact) mass is 348 g/mol. The quantitative estimate of drug-likeness (QED) is 0.383. The molecule has 12 heteroatoms. The largest absolute Gasteiger partial charge is 0.472 e. The first-order valence-corrected chi connectivity index (χ1v) is 9.19. The van der Waals surface area contributed by atoms with Gasteiger partial charge in [-0.05, 0) is 12.8 Å². The Morgan fingerprint density at radius 3 is 3.09 bits per heavy atom. The zero-order valence-corrected chi connectivity index (χ0v) is 13.1. The van der Waals surface area contributed by atoms with Gasteiger partial charge in [-0.1, -0.05) is 0 Å². The number of fused-ring (bicyclic) bond motifs is 1. The van der Waals surface area contributed by atoms with E-state index < -0.39 is 12.7 Å². The Labute approximate surface area is 130 Å². The Hall–Kier alpha value is -1.23. The molecule has 2 aromatic heterocycles. The van der Waals surface area contributed by atoms with Crippen LogP contribution in [-0.2, 0) is 9.26 Å². The van der Waals surface area contributed by atoms with E-state index >= 15 is 0 Å². The van der Waals surface area contributed by atoms with Crippen LogP contribution in [0.15, 0.2) is 11.1 Å². The highest BCUT2D eigenvalue weighted by Gasteiger charge is 2.35. The minimum absolute atomic E-state index is 0.00217. The topological polar surface area (TPSA) is 149 Å². The number of anilines is 1. The molecule has 0 saturated carbocycles. The number of hydrogen-bond donors (Lipinski definition) is 5. The van der Waals surface area contributed by atoms with Crippen molar-refractivity contribution in [3.8, 4) is 0 Å². The fourth-order valence-corrected chi connectivity index (χ4v) is 2.92. The van der Waals surface area contributed by atoms with Crippen molar-refractivity contribution in [2.45, 2.75) is 25.2 Å². The van der Waals surface area contributed by atoms with Crippen molar-refractivity contribution in [3.05, 3.63) is 16.7 Å². The Balaban J connectivity index is 1.77. The van der Waals surface area contributed by atoms with Crippen LogP contribution in [0.3, 0.4) is 0 Å². The van der Waals surface area contributed by atoms with E-state index in [1.54, 1.807) is 4.57 Å². The van der Waals surface area contributed by atoms with Gasteiger partial charge in [-0.2, -0.15) is 19.3 Å². The number of aromatic amines is 1. The Morgan fingerprint density at radius 2 is 2.36 bits per heavy atom. The first-order chi connectivity index (χ1) is 10.3. The van der Waals surface area contributed by atoms with Crippen LogP contribution in [0.25, 0.3) is 11.2 Å². The molecule has 1 saturated heterocycles. The summed E-state index contributed by atoms with van der Waals surface area (Å²) in [5.74, 6) is 0.00217. The van der Waals surface area contributed by atoms with Gasteiger partial charge in [0.25, 0.3) is 5.56 Å². The second-order valence-electron chi connectivity index (χ2n) is 4.87. The van der Waals surface area contributed by atoms with E-state index in [0.717, 1.165) is 0 Å². The molecule has 3 rings (SSSR count). The lowest BCUT2D eigenvalue weighted by Gasteiger charge is -2.15. The zero-order chi connectivity index (χ0) is 15.9. The molecule has 120 valence electrons. The van der Waals surface area contributed by atoms with Crippen molar-refractivity contribution >= 4 is 36.5 Å². The lowest BCUT2D eigenvalue weighted by Crippen LogP contribution is -2.17. The molecular formula is C10H15N5O5PS+. The van der Waals surface area contributed by atoms with Crippen LogP contribution in [0.2, 0.25) is 0 Å². The molecule has 2 atom stereocenters. The highest BCUT2D eigenvalue weighted by atomic mass is 32.7. The standard InChI is InChI=1S/C10H14N5O5PS/c11-10-13-8-7(9(16)14-10)12-4-15(8)6-2-1-5(20-6)3-19-21(17,18)22/h4-6,17-18,22H,1-3H2,(H2-,11,13,14,16)/p+1. The van der Waals surface area contributed by atoms with Crippen LogP contribution in [0, 0.1) is 0 Å². The van der Waals surface area contributed by atoms with Crippen molar-refractivity contribution in [1.82, 2.24) is 19.5 Å². The molecule has 1 fully saturated rings. The Kier molecular flexibility index (Phi) is 4.10. The van der Waals surface area contributed by atoms with Gasteiger partial charge in [0.05, 0.1) is 24.7 Å². The minimum atomic E-state index is -3.58. The zero-order valence-electron chi connectivity index (χ0n) is 11.3. The maximum absolute atomic E-state index is 11.7. The van der Waals surface area contributed by atoms with E-state index in [9.17, 15) is 4.79 Å². The number of hydrogen-bond acceptors (Lipinski definition) is 9. The molecule has 3 heterocycles. The van der Waals surface area contributed by atoms with Crippen LogP contribution in [0.4, 0.5) is 5.95 Å². The van der Waals surface area contributed by atoms with Crippen LogP contribution >= 0.6 is 19.4 Å². The van der Waals surface area contributed by atoms with Gasteiger partial charge in [0, 0.05) is 0 Å². The summed E-state index contributed by atoms with van der Waals surface area (Å²) in [6, 6.07) is 0. The van der Waals surface area contributed by atoms with E-state index in [1.165, 1.54) is 6.33 Å². The smallest absolute Gasteiger partial charge is 0.369 e. The third kappa shape index (κ3) is 3.24. The molecule has 2 unspecified atom stereocenters. The van der Waals surface area contributed by atoms with Crippen LogP contribution in [0.5, 0.6) is 0 Å². The maximum atomic E-state index is 11.7. The number of nitrogens with two attached hydrogens (primary N) is 1. The van der Waals surface area contributed by atoms with Crippen molar-refractivity contribution < 1.29 is 19.0 Å². The Morgan fingerprint density at radius 1 is 1.59 bits per heavy atom. The number of thiol groups is 1. The number of aromatic nitrogens is 4. The molecule has 22 heavy (non-hydrogen) atoms. The number of nitrogen functional groups attached to an aromatic ring is 1. The molecular weight excluding hydrogens is 333 g/mol. The lowest BCUT2D eigenvalue weighted by molar-refractivity contribution is -0.0180. The minimum Gasteiger partial charge on any atom is -0.369 e. The summed E-state index contributed by atoms with van der Waals surface area (Å²) in [6.07, 6.45) is 2.07. The van der Waals surface area contributed by atoms with E-state index in [-0.39, 0.29) is 30.4 Å². The second kappa shape index (κ2) is 5.76.